The van der Waals surface area contributed by atoms with Crippen LogP contribution in [0.15, 0.2) is 39.8 Å². The minimum Gasteiger partial charge on any atom is -0.359 e. The van der Waals surface area contributed by atoms with Crippen LogP contribution in [0.2, 0.25) is 0 Å². The monoisotopic (exact) mass is 411 g/mol. The Hall–Kier alpha value is -2.83. The fourth-order valence-electron chi connectivity index (χ4n) is 3.45. The van der Waals surface area contributed by atoms with Crippen molar-refractivity contribution in [1.82, 2.24) is 20.7 Å². The summed E-state index contributed by atoms with van der Waals surface area (Å²) in [6, 6.07) is 9.76. The van der Waals surface area contributed by atoms with Crippen LogP contribution in [0.5, 0.6) is 0 Å². The van der Waals surface area contributed by atoms with Crippen molar-refractivity contribution in [1.29, 1.82) is 0 Å². The summed E-state index contributed by atoms with van der Waals surface area (Å²) in [5.74, 6) is 1.94. The smallest absolute Gasteiger partial charge is 0.253 e. The zero-order valence-corrected chi connectivity index (χ0v) is 18.3. The van der Waals surface area contributed by atoms with Crippen LogP contribution in [0.4, 0.5) is 0 Å². The molecule has 30 heavy (non-hydrogen) atoms. The molecule has 1 amide bonds. The number of benzene rings is 1. The van der Waals surface area contributed by atoms with Crippen molar-refractivity contribution in [3.8, 4) is 0 Å². The average Bonchev–Trinajstić information content (AvgIpc) is 3.25. The largest absolute Gasteiger partial charge is 0.359 e. The van der Waals surface area contributed by atoms with Crippen LogP contribution in [-0.2, 0) is 13.1 Å². The molecule has 0 aliphatic carbocycles. The molecule has 0 radical (unpaired) electrons. The molecular weight excluding hydrogens is 378 g/mol. The van der Waals surface area contributed by atoms with Crippen LogP contribution in [0.1, 0.15) is 73.3 Å². The van der Waals surface area contributed by atoms with E-state index in [1.807, 2.05) is 42.2 Å². The third-order valence-electron chi connectivity index (χ3n) is 5.18. The van der Waals surface area contributed by atoms with Gasteiger partial charge in [-0.1, -0.05) is 31.1 Å². The number of rotatable bonds is 7. The second-order valence-electron chi connectivity index (χ2n) is 7.97. The van der Waals surface area contributed by atoms with E-state index in [0.717, 1.165) is 55.1 Å². The van der Waals surface area contributed by atoms with Crippen molar-refractivity contribution in [2.24, 2.45) is 4.99 Å². The van der Waals surface area contributed by atoms with E-state index in [0.29, 0.717) is 25.0 Å². The Bertz CT molecular complexity index is 853. The molecular formula is C23H33N5O2. The molecule has 0 spiro atoms. The second kappa shape index (κ2) is 10.8. The normalized spacial score (nSPS) is 14.8. The lowest BCUT2D eigenvalue weighted by atomic mass is 10.1. The lowest BCUT2D eigenvalue weighted by molar-refractivity contribution is 0.0724. The number of nitrogens with one attached hydrogen (secondary N) is 2. The number of amides is 1. The Kier molecular flexibility index (Phi) is 7.88. The van der Waals surface area contributed by atoms with Crippen LogP contribution in [0, 0.1) is 0 Å². The van der Waals surface area contributed by atoms with Gasteiger partial charge in [0.1, 0.15) is 0 Å². The molecule has 2 N–H and O–H groups in total. The molecule has 0 atom stereocenters. The van der Waals surface area contributed by atoms with Crippen molar-refractivity contribution < 1.29 is 9.32 Å². The molecule has 2 heterocycles. The van der Waals surface area contributed by atoms with Gasteiger partial charge in [-0.15, -0.1) is 0 Å². The Balaban J connectivity index is 1.61. The van der Waals surface area contributed by atoms with E-state index in [2.05, 4.69) is 34.6 Å². The lowest BCUT2D eigenvalue weighted by Gasteiger charge is -2.26. The molecule has 1 aromatic heterocycles. The first-order valence-electron chi connectivity index (χ1n) is 10.9. The number of hydrogen-bond acceptors (Lipinski definition) is 4. The molecule has 0 bridgehead atoms. The molecule has 1 fully saturated rings. The summed E-state index contributed by atoms with van der Waals surface area (Å²) < 4.78 is 5.38. The SMILES string of the molecule is CCNC(=NCc1cccc(C(=O)N2CCCCC2)c1)NCc1cc(C(C)C)no1. The van der Waals surface area contributed by atoms with Crippen LogP contribution in [-0.4, -0.2) is 41.6 Å². The fourth-order valence-corrected chi connectivity index (χ4v) is 3.45. The topological polar surface area (TPSA) is 82.8 Å². The van der Waals surface area contributed by atoms with Gasteiger partial charge in [0.05, 0.1) is 18.8 Å². The first-order valence-corrected chi connectivity index (χ1v) is 10.9. The number of nitrogens with zero attached hydrogens (tertiary/aromatic N) is 3. The van der Waals surface area contributed by atoms with Gasteiger partial charge >= 0.3 is 0 Å². The van der Waals surface area contributed by atoms with E-state index >= 15 is 0 Å². The number of piperidine rings is 1. The van der Waals surface area contributed by atoms with E-state index in [4.69, 9.17) is 4.52 Å². The highest BCUT2D eigenvalue weighted by molar-refractivity contribution is 5.94. The molecule has 3 rings (SSSR count). The molecule has 0 unspecified atom stereocenters. The van der Waals surface area contributed by atoms with Gasteiger partial charge < -0.3 is 20.1 Å². The number of carbonyl (C=O) groups excluding carboxylic acids is 1. The molecule has 162 valence electrons. The lowest BCUT2D eigenvalue weighted by Crippen LogP contribution is -2.36. The molecule has 1 aromatic carbocycles. The number of likely N-dealkylation sites (tertiary alicyclic amines) is 1. The number of guanidine groups is 1. The quantitative estimate of drug-likeness (QED) is 0.536. The van der Waals surface area contributed by atoms with E-state index < -0.39 is 0 Å². The number of aromatic nitrogens is 1. The zero-order chi connectivity index (χ0) is 21.3. The average molecular weight is 412 g/mol. The fraction of sp³-hybridized carbons (Fsp3) is 0.522. The summed E-state index contributed by atoms with van der Waals surface area (Å²) in [4.78, 5) is 19.4. The number of aliphatic imine (C=N–C) groups is 1. The Morgan fingerprint density at radius 3 is 2.70 bits per heavy atom. The first kappa shape index (κ1) is 21.9. The van der Waals surface area contributed by atoms with Gasteiger partial charge in [-0.25, -0.2) is 4.99 Å². The van der Waals surface area contributed by atoms with Crippen molar-refractivity contribution in [2.75, 3.05) is 19.6 Å². The summed E-state index contributed by atoms with van der Waals surface area (Å²) in [5.41, 5.74) is 2.70. The third kappa shape index (κ3) is 6.08. The Morgan fingerprint density at radius 2 is 2.00 bits per heavy atom. The molecule has 1 saturated heterocycles. The summed E-state index contributed by atoms with van der Waals surface area (Å²) in [7, 11) is 0. The summed E-state index contributed by atoms with van der Waals surface area (Å²) in [6.07, 6.45) is 3.40. The van der Waals surface area contributed by atoms with Gasteiger partial charge in [0.15, 0.2) is 11.7 Å². The second-order valence-corrected chi connectivity index (χ2v) is 7.97. The summed E-state index contributed by atoms with van der Waals surface area (Å²) in [6.45, 7) is 9.68. The van der Waals surface area contributed by atoms with Crippen LogP contribution in [0.3, 0.4) is 0 Å². The molecule has 2 aromatic rings. The minimum absolute atomic E-state index is 0.122. The number of carbonyl (C=O) groups is 1. The number of hydrogen-bond donors (Lipinski definition) is 2. The summed E-state index contributed by atoms with van der Waals surface area (Å²) >= 11 is 0. The highest BCUT2D eigenvalue weighted by Crippen LogP contribution is 2.15. The van der Waals surface area contributed by atoms with Gasteiger partial charge in [0.25, 0.3) is 5.91 Å². The molecule has 1 aliphatic rings. The Labute approximate surface area is 178 Å². The van der Waals surface area contributed by atoms with Gasteiger partial charge in [-0.2, -0.15) is 0 Å². The highest BCUT2D eigenvalue weighted by Gasteiger charge is 2.18. The molecule has 1 aliphatic heterocycles. The van der Waals surface area contributed by atoms with E-state index in [1.165, 1.54) is 6.42 Å². The highest BCUT2D eigenvalue weighted by atomic mass is 16.5. The minimum atomic E-state index is 0.122. The summed E-state index contributed by atoms with van der Waals surface area (Å²) in [5, 5.41) is 10.6. The van der Waals surface area contributed by atoms with E-state index in [1.54, 1.807) is 0 Å². The predicted molar refractivity (Wildman–Crippen MR) is 118 cm³/mol. The first-order chi connectivity index (χ1) is 14.6. The molecule has 0 saturated carbocycles. The van der Waals surface area contributed by atoms with Gasteiger partial charge in [0.2, 0.25) is 0 Å². The van der Waals surface area contributed by atoms with Crippen molar-refractivity contribution >= 4 is 11.9 Å². The maximum Gasteiger partial charge on any atom is 0.253 e. The van der Waals surface area contributed by atoms with Gasteiger partial charge in [-0.3, -0.25) is 4.79 Å². The van der Waals surface area contributed by atoms with Crippen LogP contribution in [0.25, 0.3) is 0 Å². The van der Waals surface area contributed by atoms with Crippen molar-refractivity contribution in [3.05, 3.63) is 52.9 Å². The predicted octanol–water partition coefficient (Wildman–Crippen LogP) is 3.68. The maximum absolute atomic E-state index is 12.8. The maximum atomic E-state index is 12.8. The Morgan fingerprint density at radius 1 is 1.20 bits per heavy atom. The standard InChI is InChI=1S/C23H33N5O2/c1-4-24-23(26-16-20-14-21(17(2)3)27-30-20)25-15-18-9-8-10-19(13-18)22(29)28-11-6-5-7-12-28/h8-10,13-14,17H,4-7,11-12,15-16H2,1-3H3,(H2,24,25,26). The van der Waals surface area contributed by atoms with Crippen molar-refractivity contribution in [2.45, 2.75) is 59.0 Å². The zero-order valence-electron chi connectivity index (χ0n) is 18.3. The molecule has 7 heteroatoms. The molecule has 7 nitrogen and oxygen atoms in total. The van der Waals surface area contributed by atoms with Crippen LogP contribution < -0.4 is 10.6 Å². The van der Waals surface area contributed by atoms with Gasteiger partial charge in [0, 0.05) is 31.3 Å². The van der Waals surface area contributed by atoms with E-state index in [-0.39, 0.29) is 5.91 Å². The third-order valence-corrected chi connectivity index (χ3v) is 5.18. The van der Waals surface area contributed by atoms with E-state index in [9.17, 15) is 4.79 Å². The van der Waals surface area contributed by atoms with Crippen molar-refractivity contribution in [3.63, 3.8) is 0 Å². The van der Waals surface area contributed by atoms with Crippen LogP contribution >= 0.6 is 0 Å². The van der Waals surface area contributed by atoms with Gasteiger partial charge in [-0.05, 0) is 49.8 Å².